The van der Waals surface area contributed by atoms with Crippen LogP contribution in [0.25, 0.3) is 0 Å². The van der Waals surface area contributed by atoms with Crippen LogP contribution in [0.1, 0.15) is 6.92 Å². The highest BCUT2D eigenvalue weighted by Gasteiger charge is 2.20. The molecule has 1 saturated heterocycles. The van der Waals surface area contributed by atoms with E-state index in [1.807, 2.05) is 0 Å². The quantitative estimate of drug-likeness (QED) is 0.638. The van der Waals surface area contributed by atoms with Crippen molar-refractivity contribution >= 4 is 6.09 Å². The molecule has 0 saturated carbocycles. The normalized spacial score (nSPS) is 17.6. The van der Waals surface area contributed by atoms with Crippen LogP contribution >= 0.6 is 0 Å². The fraction of sp³-hybridized carbons (Fsp3) is 0.778. The molecule has 0 aromatic carbocycles. The van der Waals surface area contributed by atoms with Crippen molar-refractivity contribution in [2.24, 2.45) is 0 Å². The number of carbonyl (C=O) groups excluding carboxylic acids is 1. The first kappa shape index (κ1) is 10.8. The summed E-state index contributed by atoms with van der Waals surface area (Å²) in [6.45, 7) is 6.12. The zero-order valence-corrected chi connectivity index (χ0v) is 8.40. The highest BCUT2D eigenvalue weighted by Crippen LogP contribution is 2.02. The molecule has 14 heavy (non-hydrogen) atoms. The topological polar surface area (TPSA) is 56.6 Å². The van der Waals surface area contributed by atoms with Gasteiger partial charge in [-0.05, 0) is 6.54 Å². The molecule has 0 radical (unpaired) electrons. The average molecular weight is 197 g/mol. The smallest absolute Gasteiger partial charge is 0.410 e. The van der Waals surface area contributed by atoms with Gasteiger partial charge in [0, 0.05) is 26.2 Å². The van der Waals surface area contributed by atoms with Crippen LogP contribution in [-0.2, 0) is 4.74 Å². The minimum Gasteiger partial charge on any atom is -0.434 e. The molecule has 0 N–H and O–H groups in total. The number of carbonyl (C=O) groups is 1. The first-order valence-corrected chi connectivity index (χ1v) is 4.79. The third-order valence-electron chi connectivity index (χ3n) is 2.34. The van der Waals surface area contributed by atoms with Crippen LogP contribution in [0.4, 0.5) is 4.79 Å². The molecule has 1 amide bonds. The van der Waals surface area contributed by atoms with E-state index < -0.39 is 0 Å². The minimum atomic E-state index is -0.373. The van der Waals surface area contributed by atoms with Crippen molar-refractivity contribution in [2.75, 3.05) is 39.3 Å². The first-order valence-electron chi connectivity index (χ1n) is 4.79. The van der Waals surface area contributed by atoms with Gasteiger partial charge >= 0.3 is 6.09 Å². The van der Waals surface area contributed by atoms with E-state index in [9.17, 15) is 4.79 Å². The van der Waals surface area contributed by atoms with Crippen molar-refractivity contribution in [3.05, 3.63) is 0 Å². The van der Waals surface area contributed by atoms with Gasteiger partial charge in [0.2, 0.25) is 0 Å². The molecule has 5 heteroatoms. The van der Waals surface area contributed by atoms with Crippen LogP contribution in [0.5, 0.6) is 0 Å². The van der Waals surface area contributed by atoms with Crippen molar-refractivity contribution in [2.45, 2.75) is 6.92 Å². The van der Waals surface area contributed by atoms with Crippen LogP contribution in [0, 0.1) is 11.3 Å². The molecule has 1 fully saturated rings. The second kappa shape index (κ2) is 5.45. The molecule has 1 rings (SSSR count). The minimum absolute atomic E-state index is 0.160. The summed E-state index contributed by atoms with van der Waals surface area (Å²) in [7, 11) is 0. The summed E-state index contributed by atoms with van der Waals surface area (Å²) in [4.78, 5) is 15.2. The Morgan fingerprint density at radius 3 is 2.57 bits per heavy atom. The van der Waals surface area contributed by atoms with Gasteiger partial charge in [0.15, 0.2) is 6.61 Å². The Kier molecular flexibility index (Phi) is 4.20. The molecular weight excluding hydrogens is 182 g/mol. The standard InChI is InChI=1S/C9H15N3O2/c1-2-11-4-6-12(7-5-11)9(13)14-8-3-10/h2,4-8H2,1H3. The molecule has 1 aliphatic heterocycles. The lowest BCUT2D eigenvalue weighted by Crippen LogP contribution is -2.48. The Morgan fingerprint density at radius 1 is 1.43 bits per heavy atom. The number of amides is 1. The van der Waals surface area contributed by atoms with Gasteiger partial charge in [-0.2, -0.15) is 5.26 Å². The molecule has 0 bridgehead atoms. The Morgan fingerprint density at radius 2 is 2.07 bits per heavy atom. The summed E-state index contributed by atoms with van der Waals surface area (Å²) >= 11 is 0. The summed E-state index contributed by atoms with van der Waals surface area (Å²) in [6, 6.07) is 1.78. The van der Waals surface area contributed by atoms with Gasteiger partial charge in [-0.15, -0.1) is 0 Å². The number of nitriles is 1. The zero-order valence-electron chi connectivity index (χ0n) is 8.40. The number of nitrogens with zero attached hydrogens (tertiary/aromatic N) is 3. The van der Waals surface area contributed by atoms with Crippen LogP contribution in [0.3, 0.4) is 0 Å². The highest BCUT2D eigenvalue weighted by molar-refractivity contribution is 5.67. The third kappa shape index (κ3) is 2.89. The fourth-order valence-corrected chi connectivity index (χ4v) is 1.43. The summed E-state index contributed by atoms with van der Waals surface area (Å²) < 4.78 is 4.71. The van der Waals surface area contributed by atoms with E-state index in [1.165, 1.54) is 0 Å². The molecule has 0 aromatic rings. The maximum atomic E-state index is 11.3. The van der Waals surface area contributed by atoms with Gasteiger partial charge < -0.3 is 14.5 Å². The lowest BCUT2D eigenvalue weighted by atomic mass is 10.3. The van der Waals surface area contributed by atoms with Gasteiger partial charge in [-0.25, -0.2) is 4.79 Å². The SMILES string of the molecule is CCN1CCN(C(=O)OCC#N)CC1. The number of rotatable bonds is 2. The number of ether oxygens (including phenoxy) is 1. The number of likely N-dealkylation sites (N-methyl/N-ethyl adjacent to an activating group) is 1. The molecular formula is C9H15N3O2. The summed E-state index contributed by atoms with van der Waals surface area (Å²) in [5.74, 6) is 0. The number of hydrogen-bond donors (Lipinski definition) is 0. The second-order valence-electron chi connectivity index (χ2n) is 3.13. The summed E-state index contributed by atoms with van der Waals surface area (Å²) in [5, 5.41) is 8.24. The Balaban J connectivity index is 2.27. The van der Waals surface area contributed by atoms with E-state index in [4.69, 9.17) is 10.00 Å². The zero-order chi connectivity index (χ0) is 10.4. The van der Waals surface area contributed by atoms with E-state index in [-0.39, 0.29) is 12.7 Å². The molecule has 5 nitrogen and oxygen atoms in total. The van der Waals surface area contributed by atoms with Crippen molar-refractivity contribution in [3.63, 3.8) is 0 Å². The number of piperazine rings is 1. The van der Waals surface area contributed by atoms with E-state index in [1.54, 1.807) is 11.0 Å². The van der Waals surface area contributed by atoms with E-state index in [0.717, 1.165) is 19.6 Å². The molecule has 0 aliphatic carbocycles. The van der Waals surface area contributed by atoms with Gasteiger partial charge in [0.25, 0.3) is 0 Å². The van der Waals surface area contributed by atoms with Gasteiger partial charge in [0.05, 0.1) is 0 Å². The van der Waals surface area contributed by atoms with Crippen LogP contribution in [-0.4, -0.2) is 55.2 Å². The second-order valence-corrected chi connectivity index (χ2v) is 3.13. The number of hydrogen-bond acceptors (Lipinski definition) is 4. The fourth-order valence-electron chi connectivity index (χ4n) is 1.43. The molecule has 0 unspecified atom stereocenters. The Hall–Kier alpha value is -1.28. The van der Waals surface area contributed by atoms with Gasteiger partial charge in [-0.3, -0.25) is 0 Å². The highest BCUT2D eigenvalue weighted by atomic mass is 16.6. The summed E-state index contributed by atoms with van der Waals surface area (Å²) in [5.41, 5.74) is 0. The van der Waals surface area contributed by atoms with Crippen LogP contribution < -0.4 is 0 Å². The van der Waals surface area contributed by atoms with E-state index in [0.29, 0.717) is 13.1 Å². The van der Waals surface area contributed by atoms with Crippen LogP contribution in [0.15, 0.2) is 0 Å². The van der Waals surface area contributed by atoms with Crippen molar-refractivity contribution in [1.82, 2.24) is 9.80 Å². The van der Waals surface area contributed by atoms with E-state index >= 15 is 0 Å². The maximum Gasteiger partial charge on any atom is 0.410 e. The van der Waals surface area contributed by atoms with Crippen LogP contribution in [0.2, 0.25) is 0 Å². The maximum absolute atomic E-state index is 11.3. The first-order chi connectivity index (χ1) is 6.77. The monoisotopic (exact) mass is 197 g/mol. The Labute approximate surface area is 83.8 Å². The molecule has 1 aliphatic rings. The van der Waals surface area contributed by atoms with Gasteiger partial charge in [-0.1, -0.05) is 6.92 Å². The lowest BCUT2D eigenvalue weighted by molar-refractivity contribution is 0.0856. The van der Waals surface area contributed by atoms with Gasteiger partial charge in [0.1, 0.15) is 6.07 Å². The third-order valence-corrected chi connectivity index (χ3v) is 2.34. The Bertz CT molecular complexity index is 229. The molecule has 78 valence electrons. The molecule has 0 spiro atoms. The predicted molar refractivity (Wildman–Crippen MR) is 50.6 cm³/mol. The summed E-state index contributed by atoms with van der Waals surface area (Å²) in [6.07, 6.45) is -0.373. The predicted octanol–water partition coefficient (Wildman–Crippen LogP) is 0.284. The molecule has 0 aromatic heterocycles. The molecule has 1 heterocycles. The largest absolute Gasteiger partial charge is 0.434 e. The van der Waals surface area contributed by atoms with Crippen molar-refractivity contribution in [3.8, 4) is 6.07 Å². The van der Waals surface area contributed by atoms with E-state index in [2.05, 4.69) is 11.8 Å². The van der Waals surface area contributed by atoms with Crippen molar-refractivity contribution in [1.29, 1.82) is 5.26 Å². The average Bonchev–Trinajstić information content (AvgIpc) is 2.26. The van der Waals surface area contributed by atoms with Crippen molar-refractivity contribution < 1.29 is 9.53 Å². The molecule has 0 atom stereocenters. The lowest BCUT2D eigenvalue weighted by Gasteiger charge is -2.33.